The van der Waals surface area contributed by atoms with E-state index >= 15 is 0 Å². The first-order chi connectivity index (χ1) is 9.49. The van der Waals surface area contributed by atoms with E-state index in [1.807, 2.05) is 0 Å². The van der Waals surface area contributed by atoms with E-state index in [9.17, 15) is 18.9 Å². The van der Waals surface area contributed by atoms with Gasteiger partial charge in [0.25, 0.3) is 0 Å². The lowest BCUT2D eigenvalue weighted by Crippen LogP contribution is -2.10. The number of hydrogen-bond acceptors (Lipinski definition) is 4. The minimum atomic E-state index is -1.20. The lowest BCUT2D eigenvalue weighted by molar-refractivity contribution is -0.386. The summed E-state index contributed by atoms with van der Waals surface area (Å²) >= 11 is 0. The van der Waals surface area contributed by atoms with E-state index in [0.29, 0.717) is 19.0 Å². The molecule has 2 rings (SSSR count). The molecule has 8 heteroatoms. The van der Waals surface area contributed by atoms with E-state index in [-0.39, 0.29) is 5.69 Å². The number of rotatable bonds is 5. The summed E-state index contributed by atoms with van der Waals surface area (Å²) in [5, 5.41) is 17.4. The summed E-state index contributed by atoms with van der Waals surface area (Å²) in [7, 11) is 1.76. The van der Waals surface area contributed by atoms with Gasteiger partial charge in [-0.3, -0.25) is 14.8 Å². The van der Waals surface area contributed by atoms with Crippen LogP contribution in [0, 0.1) is 21.7 Å². The van der Waals surface area contributed by atoms with Gasteiger partial charge >= 0.3 is 5.69 Å². The summed E-state index contributed by atoms with van der Waals surface area (Å²) in [6.07, 6.45) is 2.14. The smallest absolute Gasteiger partial charge is 0.327 e. The number of nitro benzene ring substituents is 1. The first kappa shape index (κ1) is 13.9. The van der Waals surface area contributed by atoms with Crippen LogP contribution in [0.25, 0.3) is 0 Å². The molecular formula is C12H12F2N4O2. The van der Waals surface area contributed by atoms with Gasteiger partial charge in [-0.1, -0.05) is 0 Å². The van der Waals surface area contributed by atoms with Crippen molar-refractivity contribution < 1.29 is 13.7 Å². The van der Waals surface area contributed by atoms with Crippen LogP contribution < -0.4 is 5.32 Å². The first-order valence-electron chi connectivity index (χ1n) is 5.83. The van der Waals surface area contributed by atoms with Crippen molar-refractivity contribution in [3.63, 3.8) is 0 Å². The van der Waals surface area contributed by atoms with Crippen molar-refractivity contribution in [2.75, 3.05) is 11.9 Å². The number of nitrogens with one attached hydrogen (secondary N) is 1. The second-order valence-corrected chi connectivity index (χ2v) is 4.16. The summed E-state index contributed by atoms with van der Waals surface area (Å²) in [6, 6.07) is 3.19. The van der Waals surface area contributed by atoms with Gasteiger partial charge in [-0.05, 0) is 6.07 Å². The Morgan fingerprint density at radius 2 is 2.20 bits per heavy atom. The molecule has 0 aliphatic carbocycles. The molecule has 1 N–H and O–H groups in total. The maximum absolute atomic E-state index is 13.4. The number of anilines is 1. The van der Waals surface area contributed by atoms with Gasteiger partial charge < -0.3 is 5.32 Å². The molecule has 0 aliphatic heterocycles. The number of benzene rings is 1. The molecule has 0 aliphatic rings. The largest absolute Gasteiger partial charge is 0.379 e. The van der Waals surface area contributed by atoms with Crippen molar-refractivity contribution in [2.24, 2.45) is 7.05 Å². The van der Waals surface area contributed by atoms with E-state index in [0.717, 1.165) is 11.8 Å². The zero-order chi connectivity index (χ0) is 14.7. The molecule has 0 bridgehead atoms. The molecule has 0 fully saturated rings. The number of halogens is 2. The van der Waals surface area contributed by atoms with E-state index < -0.39 is 22.2 Å². The number of hydrogen-bond donors (Lipinski definition) is 1. The average molecular weight is 282 g/mol. The minimum Gasteiger partial charge on any atom is -0.379 e. The highest BCUT2D eigenvalue weighted by Gasteiger charge is 2.21. The molecule has 0 amide bonds. The van der Waals surface area contributed by atoms with Crippen LogP contribution in [0.2, 0.25) is 0 Å². The van der Waals surface area contributed by atoms with Crippen LogP contribution in [0.4, 0.5) is 20.2 Å². The molecule has 1 heterocycles. The Kier molecular flexibility index (Phi) is 3.92. The third-order valence-corrected chi connectivity index (χ3v) is 2.83. The van der Waals surface area contributed by atoms with Crippen molar-refractivity contribution in [3.05, 3.63) is 51.8 Å². The van der Waals surface area contributed by atoms with E-state index in [1.54, 1.807) is 24.0 Å². The molecule has 2 aromatic rings. The Balaban J connectivity index is 2.13. The normalized spacial score (nSPS) is 10.6. The molecule has 0 spiro atoms. The van der Waals surface area contributed by atoms with Crippen LogP contribution in [0.5, 0.6) is 0 Å². The van der Waals surface area contributed by atoms with Gasteiger partial charge in [0.2, 0.25) is 5.82 Å². The third kappa shape index (κ3) is 2.90. The fraction of sp³-hybridized carbons (Fsp3) is 0.250. The minimum absolute atomic E-state index is 0.172. The Labute approximate surface area is 113 Å². The fourth-order valence-electron chi connectivity index (χ4n) is 1.86. The number of nitro groups is 1. The second-order valence-electron chi connectivity index (χ2n) is 4.16. The molecule has 0 unspecified atom stereocenters. The number of nitrogens with zero attached hydrogens (tertiary/aromatic N) is 3. The Hall–Kier alpha value is -2.51. The standard InChI is InChI=1S/C12H12F2N4O2/c1-17-9(3-5-16-17)2-4-15-11-7-8(13)6-10(14)12(11)18(19)20/h3,5-7,15H,2,4H2,1H3. The number of aromatic nitrogens is 2. The topological polar surface area (TPSA) is 73.0 Å². The highest BCUT2D eigenvalue weighted by Crippen LogP contribution is 2.28. The summed E-state index contributed by atoms with van der Waals surface area (Å²) in [5.41, 5.74) is -0.0249. The van der Waals surface area contributed by atoms with Gasteiger partial charge in [0.05, 0.1) is 4.92 Å². The van der Waals surface area contributed by atoms with Crippen molar-refractivity contribution in [3.8, 4) is 0 Å². The first-order valence-corrected chi connectivity index (χ1v) is 5.83. The van der Waals surface area contributed by atoms with Crippen molar-refractivity contribution in [1.29, 1.82) is 0 Å². The molecule has 0 radical (unpaired) electrons. The van der Waals surface area contributed by atoms with Crippen LogP contribution in [0.1, 0.15) is 5.69 Å². The molecule has 1 aromatic heterocycles. The van der Waals surface area contributed by atoms with Crippen molar-refractivity contribution in [1.82, 2.24) is 9.78 Å². The second kappa shape index (κ2) is 5.64. The van der Waals surface area contributed by atoms with Gasteiger partial charge in [-0.15, -0.1) is 0 Å². The third-order valence-electron chi connectivity index (χ3n) is 2.83. The zero-order valence-corrected chi connectivity index (χ0v) is 10.6. The van der Waals surface area contributed by atoms with Crippen LogP contribution in [-0.4, -0.2) is 21.2 Å². The maximum Gasteiger partial charge on any atom is 0.327 e. The van der Waals surface area contributed by atoms with Crippen LogP contribution in [0.15, 0.2) is 24.4 Å². The van der Waals surface area contributed by atoms with Crippen LogP contribution in [-0.2, 0) is 13.5 Å². The Morgan fingerprint density at radius 3 is 2.80 bits per heavy atom. The predicted molar refractivity (Wildman–Crippen MR) is 68.4 cm³/mol. The highest BCUT2D eigenvalue weighted by atomic mass is 19.1. The average Bonchev–Trinajstić information content (AvgIpc) is 2.73. The van der Waals surface area contributed by atoms with Gasteiger partial charge in [0.15, 0.2) is 0 Å². The molecule has 20 heavy (non-hydrogen) atoms. The predicted octanol–water partition coefficient (Wildman–Crippen LogP) is 2.26. The monoisotopic (exact) mass is 282 g/mol. The number of aryl methyl sites for hydroxylation is 1. The molecule has 0 atom stereocenters. The summed E-state index contributed by atoms with van der Waals surface area (Å²) in [6.45, 7) is 0.295. The SMILES string of the molecule is Cn1nccc1CCNc1cc(F)cc(F)c1[N+](=O)[O-]. The van der Waals surface area contributed by atoms with Crippen LogP contribution in [0.3, 0.4) is 0 Å². The molecule has 6 nitrogen and oxygen atoms in total. The van der Waals surface area contributed by atoms with Gasteiger partial charge in [0.1, 0.15) is 11.5 Å². The molecule has 0 saturated heterocycles. The van der Waals surface area contributed by atoms with Gasteiger partial charge in [-0.25, -0.2) is 4.39 Å². The van der Waals surface area contributed by atoms with Crippen LogP contribution >= 0.6 is 0 Å². The van der Waals surface area contributed by atoms with Gasteiger partial charge in [0, 0.05) is 44.0 Å². The lowest BCUT2D eigenvalue weighted by Gasteiger charge is -2.08. The van der Waals surface area contributed by atoms with E-state index in [2.05, 4.69) is 10.4 Å². The maximum atomic E-state index is 13.4. The van der Waals surface area contributed by atoms with Crippen molar-refractivity contribution >= 4 is 11.4 Å². The van der Waals surface area contributed by atoms with Gasteiger partial charge in [-0.2, -0.15) is 9.49 Å². The van der Waals surface area contributed by atoms with Crippen molar-refractivity contribution in [2.45, 2.75) is 6.42 Å². The summed E-state index contributed by atoms with van der Waals surface area (Å²) in [4.78, 5) is 9.91. The summed E-state index contributed by atoms with van der Waals surface area (Å²) < 4.78 is 28.2. The highest BCUT2D eigenvalue weighted by molar-refractivity contribution is 5.62. The lowest BCUT2D eigenvalue weighted by atomic mass is 10.2. The Bertz CT molecular complexity index is 642. The summed E-state index contributed by atoms with van der Waals surface area (Å²) in [5.74, 6) is -2.06. The fourth-order valence-corrected chi connectivity index (χ4v) is 1.86. The van der Waals surface area contributed by atoms with E-state index in [4.69, 9.17) is 0 Å². The molecule has 106 valence electrons. The molecule has 1 aromatic carbocycles. The molecular weight excluding hydrogens is 270 g/mol. The Morgan fingerprint density at radius 1 is 1.45 bits per heavy atom. The quantitative estimate of drug-likeness (QED) is 0.674. The van der Waals surface area contributed by atoms with E-state index in [1.165, 1.54) is 0 Å². The molecule has 0 saturated carbocycles. The zero-order valence-electron chi connectivity index (χ0n) is 10.6.